The van der Waals surface area contributed by atoms with Gasteiger partial charge in [-0.15, -0.1) is 0 Å². The average Bonchev–Trinajstić information content (AvgIpc) is 2.47. The highest BCUT2D eigenvalue weighted by Crippen LogP contribution is 1.70. The fraction of sp³-hybridized carbons (Fsp3) is 1.00. The van der Waals surface area contributed by atoms with Crippen LogP contribution >= 0.6 is 0 Å². The van der Waals surface area contributed by atoms with E-state index in [1.807, 2.05) is 0 Å². The molecular formula is C12H31BF4O3. The summed E-state index contributed by atoms with van der Waals surface area (Å²) >= 11 is 0. The van der Waals surface area contributed by atoms with Gasteiger partial charge in [0.2, 0.25) is 0 Å². The molecule has 0 heterocycles. The molecule has 0 saturated heterocycles. The smallest absolute Gasteiger partial charge is 0.402 e. The van der Waals surface area contributed by atoms with E-state index in [1.54, 1.807) is 27.7 Å². The van der Waals surface area contributed by atoms with Gasteiger partial charge in [-0.25, -0.2) is 0 Å². The van der Waals surface area contributed by atoms with Crippen LogP contribution in [0.15, 0.2) is 0 Å². The minimum absolute atomic E-state index is 0.181. The van der Waals surface area contributed by atoms with Crippen LogP contribution in [0.3, 0.4) is 0 Å². The van der Waals surface area contributed by atoms with Gasteiger partial charge in [0.05, 0.1) is 26.7 Å². The zero-order valence-electron chi connectivity index (χ0n) is 13.1. The molecule has 3 nitrogen and oxygen atoms in total. The summed E-state index contributed by atoms with van der Waals surface area (Å²) in [7, 11) is -2.17. The van der Waals surface area contributed by atoms with E-state index in [4.69, 9.17) is 15.1 Å². The Morgan fingerprint density at radius 1 is 0.550 bits per heavy atom. The van der Waals surface area contributed by atoms with Crippen molar-refractivity contribution in [2.24, 2.45) is 0 Å². The van der Waals surface area contributed by atoms with E-state index in [1.165, 1.54) is 0 Å². The van der Waals surface area contributed by atoms with Gasteiger partial charge in [0.15, 0.2) is 0 Å². The highest BCUT2D eigenvalue weighted by molar-refractivity contribution is 6.30. The van der Waals surface area contributed by atoms with Gasteiger partial charge in [0, 0.05) is 0 Å². The second-order valence-corrected chi connectivity index (χ2v) is 3.10. The van der Waals surface area contributed by atoms with Crippen LogP contribution in [0.5, 0.6) is 0 Å². The third-order valence-electron chi connectivity index (χ3n) is 0.756. The zero-order chi connectivity index (χ0) is 17.2. The fourth-order valence-corrected chi connectivity index (χ4v) is 0. The first kappa shape index (κ1) is 31.9. The first-order valence-electron chi connectivity index (χ1n) is 6.67. The van der Waals surface area contributed by atoms with E-state index in [-0.39, 0.29) is 26.7 Å². The van der Waals surface area contributed by atoms with E-state index >= 15 is 0 Å². The third kappa shape index (κ3) is 365. The lowest BCUT2D eigenvalue weighted by molar-refractivity contribution is 0.278. The van der Waals surface area contributed by atoms with Crippen LogP contribution in [0.4, 0.5) is 17.6 Å². The molecule has 0 aromatic rings. The number of hydrogen-bond acceptors (Lipinski definition) is 3. The summed E-state index contributed by atoms with van der Waals surface area (Å²) in [5.74, 6) is 0. The van der Waals surface area contributed by atoms with Crippen molar-refractivity contribution < 1.29 is 32.6 Å². The summed E-state index contributed by atoms with van der Waals surface area (Å²) < 4.78 is 42.9. The van der Waals surface area contributed by atoms with Gasteiger partial charge < -0.3 is 15.1 Å². The molecule has 0 bridgehead atoms. The number of alkyl halides is 4. The molecule has 0 atom stereocenters. The predicted octanol–water partition coefficient (Wildman–Crippen LogP) is 3.41. The maximum atomic E-state index is 10.7. The molecule has 0 aliphatic carbocycles. The standard InChI is InChI=1S/4C3H7F.BH3O3/c4*1-2-3-4;2-1(3)4/h4*2-3H2,1H3;2-4H. The Morgan fingerprint density at radius 3 is 0.600 bits per heavy atom. The molecular weight excluding hydrogens is 279 g/mol. The SMILES string of the molecule is CCCF.CCCF.CCCF.CCCF.OB(O)O. The Morgan fingerprint density at radius 2 is 0.600 bits per heavy atom. The minimum Gasteiger partial charge on any atom is -0.402 e. The Kier molecular flexibility index (Phi) is 81.6. The summed E-state index contributed by atoms with van der Waals surface area (Å²) in [6.45, 7) is 6.50. The van der Waals surface area contributed by atoms with E-state index in [2.05, 4.69) is 0 Å². The van der Waals surface area contributed by atoms with Crippen molar-refractivity contribution in [1.29, 1.82) is 0 Å². The molecule has 8 heteroatoms. The maximum Gasteiger partial charge on any atom is 0.631 e. The van der Waals surface area contributed by atoms with E-state index < -0.39 is 7.32 Å². The monoisotopic (exact) mass is 310 g/mol. The van der Waals surface area contributed by atoms with Gasteiger partial charge in [-0.2, -0.15) is 0 Å². The topological polar surface area (TPSA) is 60.7 Å². The predicted molar refractivity (Wildman–Crippen MR) is 77.5 cm³/mol. The van der Waals surface area contributed by atoms with Crippen molar-refractivity contribution in [2.45, 2.75) is 53.4 Å². The highest BCUT2D eigenvalue weighted by Gasteiger charge is 1.92. The second-order valence-electron chi connectivity index (χ2n) is 3.10. The molecule has 0 aliphatic heterocycles. The van der Waals surface area contributed by atoms with Crippen LogP contribution in [0.1, 0.15) is 53.4 Å². The molecule has 0 spiro atoms. The Hall–Kier alpha value is -0.335. The molecule has 0 aromatic heterocycles. The summed E-state index contributed by atoms with van der Waals surface area (Å²) in [6.07, 6.45) is 2.61. The van der Waals surface area contributed by atoms with Crippen LogP contribution in [0.2, 0.25) is 0 Å². The summed E-state index contributed by atoms with van der Waals surface area (Å²) in [6, 6.07) is 0. The lowest BCUT2D eigenvalue weighted by Gasteiger charge is -1.69. The molecule has 20 heavy (non-hydrogen) atoms. The summed E-state index contributed by atoms with van der Waals surface area (Å²) in [4.78, 5) is 0. The first-order chi connectivity index (χ1) is 9.39. The largest absolute Gasteiger partial charge is 0.631 e. The Balaban J connectivity index is -0.0000000469. The van der Waals surface area contributed by atoms with Crippen LogP contribution in [-0.4, -0.2) is 49.1 Å². The Labute approximate surface area is 121 Å². The minimum atomic E-state index is -2.17. The van der Waals surface area contributed by atoms with Crippen LogP contribution in [-0.2, 0) is 0 Å². The van der Waals surface area contributed by atoms with E-state index in [0.29, 0.717) is 25.7 Å². The van der Waals surface area contributed by atoms with Gasteiger partial charge in [0.1, 0.15) is 0 Å². The van der Waals surface area contributed by atoms with E-state index in [9.17, 15) is 17.6 Å². The van der Waals surface area contributed by atoms with Gasteiger partial charge >= 0.3 is 7.32 Å². The quantitative estimate of drug-likeness (QED) is 0.551. The van der Waals surface area contributed by atoms with E-state index in [0.717, 1.165) is 0 Å². The van der Waals surface area contributed by atoms with Gasteiger partial charge in [-0.1, -0.05) is 27.7 Å². The van der Waals surface area contributed by atoms with Crippen molar-refractivity contribution >= 4 is 7.32 Å². The summed E-state index contributed by atoms with van der Waals surface area (Å²) in [5, 5.41) is 21.5. The fourth-order valence-electron chi connectivity index (χ4n) is 0. The van der Waals surface area contributed by atoms with Crippen molar-refractivity contribution in [1.82, 2.24) is 0 Å². The van der Waals surface area contributed by atoms with Crippen LogP contribution in [0.25, 0.3) is 0 Å². The maximum absolute atomic E-state index is 10.7. The summed E-state index contributed by atoms with van der Waals surface area (Å²) in [5.41, 5.74) is 0. The molecule has 0 rings (SSSR count). The van der Waals surface area contributed by atoms with Crippen molar-refractivity contribution in [3.05, 3.63) is 0 Å². The van der Waals surface area contributed by atoms with Crippen molar-refractivity contribution in [3.8, 4) is 0 Å². The first-order valence-corrected chi connectivity index (χ1v) is 6.67. The molecule has 0 saturated carbocycles. The second kappa shape index (κ2) is 51.2. The lowest BCUT2D eigenvalue weighted by Crippen LogP contribution is -2.07. The average molecular weight is 310 g/mol. The molecule has 0 aliphatic rings. The van der Waals surface area contributed by atoms with Crippen molar-refractivity contribution in [3.63, 3.8) is 0 Å². The molecule has 128 valence electrons. The lowest BCUT2D eigenvalue weighted by atomic mass is 10.3. The normalized spacial score (nSPS) is 7.35. The number of rotatable bonds is 4. The molecule has 3 N–H and O–H groups in total. The number of halogens is 4. The zero-order valence-corrected chi connectivity index (χ0v) is 13.1. The highest BCUT2D eigenvalue weighted by atomic mass is 19.1. The molecule has 0 unspecified atom stereocenters. The molecule has 0 amide bonds. The van der Waals surface area contributed by atoms with Crippen LogP contribution < -0.4 is 0 Å². The van der Waals surface area contributed by atoms with Gasteiger partial charge in [-0.3, -0.25) is 17.6 Å². The molecule has 0 radical (unpaired) electrons. The van der Waals surface area contributed by atoms with Crippen LogP contribution in [0, 0.1) is 0 Å². The third-order valence-corrected chi connectivity index (χ3v) is 0.756. The Bertz CT molecular complexity index is 78.0. The molecule has 0 aromatic carbocycles. The molecule has 0 fully saturated rings. The number of hydrogen-bond donors (Lipinski definition) is 3. The van der Waals surface area contributed by atoms with Crippen molar-refractivity contribution in [2.75, 3.05) is 26.7 Å². The van der Waals surface area contributed by atoms with Gasteiger partial charge in [0.25, 0.3) is 0 Å². The van der Waals surface area contributed by atoms with Gasteiger partial charge in [-0.05, 0) is 25.7 Å².